The third kappa shape index (κ3) is 9.05. The van der Waals surface area contributed by atoms with E-state index in [2.05, 4.69) is 47.2 Å². The molecule has 0 spiro atoms. The first-order valence-corrected chi connectivity index (χ1v) is 12.9. The summed E-state index contributed by atoms with van der Waals surface area (Å²) in [5.41, 5.74) is 0.580. The van der Waals surface area contributed by atoms with E-state index in [0.29, 0.717) is 21.5 Å². The number of halogens is 1. The maximum atomic E-state index is 12.8. The van der Waals surface area contributed by atoms with E-state index < -0.39 is 35.6 Å². The molecule has 40 heavy (non-hydrogen) atoms. The number of aryl methyl sites for hydroxylation is 1. The molecule has 1 heterocycles. The van der Waals surface area contributed by atoms with Crippen LogP contribution >= 0.6 is 15.9 Å². The van der Waals surface area contributed by atoms with Crippen LogP contribution in [0.1, 0.15) is 43.6 Å². The topological polar surface area (TPSA) is 161 Å². The van der Waals surface area contributed by atoms with Crippen molar-refractivity contribution < 1.29 is 28.7 Å². The summed E-state index contributed by atoms with van der Waals surface area (Å²) in [7, 11) is 0. The number of carbonyl (C=O) groups excluding carboxylic acids is 4. The van der Waals surface area contributed by atoms with Crippen molar-refractivity contribution in [2.24, 2.45) is 0 Å². The Hall–Kier alpha value is -4.52. The summed E-state index contributed by atoms with van der Waals surface area (Å²) in [5, 5.41) is 9.85. The third-order valence-corrected chi connectivity index (χ3v) is 5.42. The molecule has 2 aromatic carbocycles. The monoisotopic (exact) mass is 612 g/mol. The van der Waals surface area contributed by atoms with Gasteiger partial charge in [0.05, 0.1) is 15.7 Å². The van der Waals surface area contributed by atoms with Crippen LogP contribution in [0.4, 0.5) is 21.0 Å². The lowest BCUT2D eigenvalue weighted by atomic mass is 10.1. The van der Waals surface area contributed by atoms with Gasteiger partial charge in [0.2, 0.25) is 5.91 Å². The number of hydrogen-bond acceptors (Lipinski definition) is 8. The van der Waals surface area contributed by atoms with Crippen molar-refractivity contribution in [3.63, 3.8) is 0 Å². The molecule has 0 saturated heterocycles. The fourth-order valence-corrected chi connectivity index (χ4v) is 3.41. The number of aromatic nitrogens is 2. The Morgan fingerprint density at radius 2 is 1.65 bits per heavy atom. The molecular formula is C27H29BrN6O6. The molecule has 1 atom stereocenters. The van der Waals surface area contributed by atoms with Crippen LogP contribution in [0.2, 0.25) is 0 Å². The first-order valence-electron chi connectivity index (χ1n) is 12.1. The van der Waals surface area contributed by atoms with Gasteiger partial charge in [-0.05, 0) is 86.4 Å². The molecule has 0 bridgehead atoms. The number of anilines is 2. The van der Waals surface area contributed by atoms with Crippen LogP contribution in [-0.4, -0.2) is 45.5 Å². The van der Waals surface area contributed by atoms with E-state index in [1.807, 2.05) is 0 Å². The first kappa shape index (κ1) is 30.0. The molecule has 210 valence electrons. The molecule has 0 unspecified atom stereocenters. The molecule has 13 heteroatoms. The maximum absolute atomic E-state index is 12.8. The van der Waals surface area contributed by atoms with E-state index in [1.165, 1.54) is 19.1 Å². The molecule has 3 aromatic rings. The summed E-state index contributed by atoms with van der Waals surface area (Å²) in [6.45, 7) is 8.36. The number of para-hydroxylation sites is 1. The number of amides is 5. The van der Waals surface area contributed by atoms with Gasteiger partial charge in [-0.3, -0.25) is 14.9 Å². The molecule has 0 aliphatic heterocycles. The lowest BCUT2D eigenvalue weighted by Gasteiger charge is -2.22. The highest BCUT2D eigenvalue weighted by atomic mass is 79.9. The van der Waals surface area contributed by atoms with Crippen molar-refractivity contribution >= 4 is 51.2 Å². The second kappa shape index (κ2) is 13.0. The highest BCUT2D eigenvalue weighted by Gasteiger charge is 2.23. The van der Waals surface area contributed by atoms with E-state index in [-0.39, 0.29) is 17.3 Å². The zero-order valence-electron chi connectivity index (χ0n) is 22.5. The molecule has 5 amide bonds. The Morgan fingerprint density at radius 1 is 0.975 bits per heavy atom. The molecule has 0 radical (unpaired) electrons. The number of hydrogen-bond donors (Lipinski definition) is 4. The van der Waals surface area contributed by atoms with Crippen LogP contribution in [0.3, 0.4) is 0 Å². The summed E-state index contributed by atoms with van der Waals surface area (Å²) >= 11 is 3.26. The van der Waals surface area contributed by atoms with Crippen molar-refractivity contribution in [1.82, 2.24) is 20.6 Å². The summed E-state index contributed by atoms with van der Waals surface area (Å²) in [6.07, 6.45) is 2.36. The van der Waals surface area contributed by atoms with Gasteiger partial charge >= 0.3 is 18.1 Å². The minimum Gasteiger partial charge on any atom is -0.444 e. The van der Waals surface area contributed by atoms with Crippen molar-refractivity contribution in [3.8, 4) is 11.8 Å². The second-order valence-corrected chi connectivity index (χ2v) is 10.5. The normalized spacial score (nSPS) is 11.6. The van der Waals surface area contributed by atoms with Crippen LogP contribution in [0.25, 0.3) is 0 Å². The summed E-state index contributed by atoms with van der Waals surface area (Å²) in [6, 6.07) is 9.46. The van der Waals surface area contributed by atoms with E-state index >= 15 is 0 Å². The van der Waals surface area contributed by atoms with Crippen molar-refractivity contribution in [2.45, 2.75) is 46.3 Å². The van der Waals surface area contributed by atoms with E-state index in [4.69, 9.17) is 9.47 Å². The number of urea groups is 1. The molecule has 12 nitrogen and oxygen atoms in total. The number of alkyl carbamates (subject to hydrolysis) is 1. The Bertz CT molecular complexity index is 1410. The number of nitrogens with zero attached hydrogens (tertiary/aromatic N) is 2. The van der Waals surface area contributed by atoms with Crippen molar-refractivity contribution in [1.29, 1.82) is 0 Å². The molecule has 0 fully saturated rings. The van der Waals surface area contributed by atoms with Gasteiger partial charge in [-0.1, -0.05) is 12.1 Å². The van der Waals surface area contributed by atoms with Crippen molar-refractivity contribution in [2.75, 3.05) is 10.6 Å². The standard InChI is InChI=1S/C27H29BrN6O6/c1-15-12-18(10-11-21(15)39-25-29-13-17(28)14-30-25)32-24(37)34-23(36)19-8-6-7-9-20(19)33-22(35)16(2)31-26(38)40-27(3,4)5/h6-14,16H,1-5H3,(H,31,38)(H,33,35)(H2,32,34,36,37)/t16-/m0/s1. The number of carbonyl (C=O) groups is 4. The van der Waals surface area contributed by atoms with Gasteiger partial charge in [-0.2, -0.15) is 0 Å². The highest BCUT2D eigenvalue weighted by Crippen LogP contribution is 2.26. The molecule has 3 rings (SSSR count). The average Bonchev–Trinajstić information content (AvgIpc) is 2.86. The van der Waals surface area contributed by atoms with Crippen LogP contribution < -0.4 is 26.0 Å². The summed E-state index contributed by atoms with van der Waals surface area (Å²) < 4.78 is 11.5. The maximum Gasteiger partial charge on any atom is 0.408 e. The van der Waals surface area contributed by atoms with Gasteiger partial charge < -0.3 is 25.4 Å². The van der Waals surface area contributed by atoms with Crippen LogP contribution in [0.5, 0.6) is 11.8 Å². The SMILES string of the molecule is Cc1cc(NC(=O)NC(=O)c2ccccc2NC(=O)[C@H](C)NC(=O)OC(C)(C)C)ccc1Oc1ncc(Br)cn1. The Labute approximate surface area is 239 Å². The predicted molar refractivity (Wildman–Crippen MR) is 151 cm³/mol. The number of imide groups is 1. The van der Waals surface area contributed by atoms with Crippen LogP contribution in [0, 0.1) is 6.92 Å². The fraction of sp³-hybridized carbons (Fsp3) is 0.259. The van der Waals surface area contributed by atoms with Gasteiger partial charge in [0.1, 0.15) is 17.4 Å². The third-order valence-electron chi connectivity index (χ3n) is 5.01. The second-order valence-electron chi connectivity index (χ2n) is 9.58. The minimum atomic E-state index is -0.959. The molecule has 0 saturated carbocycles. The minimum absolute atomic E-state index is 0.0462. The van der Waals surface area contributed by atoms with E-state index in [1.54, 1.807) is 70.4 Å². The quantitative estimate of drug-likeness (QED) is 0.285. The van der Waals surface area contributed by atoms with Crippen LogP contribution in [-0.2, 0) is 9.53 Å². The average molecular weight is 613 g/mol. The highest BCUT2D eigenvalue weighted by molar-refractivity contribution is 9.10. The number of rotatable bonds is 7. The smallest absolute Gasteiger partial charge is 0.408 e. The Morgan fingerprint density at radius 3 is 2.30 bits per heavy atom. The molecule has 0 aliphatic rings. The van der Waals surface area contributed by atoms with E-state index in [0.717, 1.165) is 0 Å². The lowest BCUT2D eigenvalue weighted by Crippen LogP contribution is -2.44. The Balaban J connectivity index is 1.60. The molecule has 4 N–H and O–H groups in total. The van der Waals surface area contributed by atoms with Crippen LogP contribution in [0.15, 0.2) is 59.3 Å². The zero-order chi connectivity index (χ0) is 29.4. The number of ether oxygens (including phenoxy) is 2. The molecular weight excluding hydrogens is 584 g/mol. The fourth-order valence-electron chi connectivity index (χ4n) is 3.21. The lowest BCUT2D eigenvalue weighted by molar-refractivity contribution is -0.117. The van der Waals surface area contributed by atoms with Crippen molar-refractivity contribution in [3.05, 3.63) is 70.5 Å². The van der Waals surface area contributed by atoms with Gasteiger partial charge in [-0.15, -0.1) is 0 Å². The number of nitrogens with one attached hydrogen (secondary N) is 4. The largest absolute Gasteiger partial charge is 0.444 e. The summed E-state index contributed by atoms with van der Waals surface area (Å²) in [5.74, 6) is -0.837. The predicted octanol–water partition coefficient (Wildman–Crippen LogP) is 5.15. The van der Waals surface area contributed by atoms with Gasteiger partial charge in [0.15, 0.2) is 0 Å². The molecule has 0 aliphatic carbocycles. The summed E-state index contributed by atoms with van der Waals surface area (Å²) in [4.78, 5) is 58.1. The number of benzene rings is 2. The Kier molecular flexibility index (Phi) is 9.78. The zero-order valence-corrected chi connectivity index (χ0v) is 24.1. The molecule has 1 aromatic heterocycles. The van der Waals surface area contributed by atoms with Gasteiger partial charge in [0, 0.05) is 18.1 Å². The van der Waals surface area contributed by atoms with Gasteiger partial charge in [-0.25, -0.2) is 19.6 Å². The first-order chi connectivity index (χ1) is 18.8. The van der Waals surface area contributed by atoms with Gasteiger partial charge in [0.25, 0.3) is 5.91 Å². The van der Waals surface area contributed by atoms with E-state index in [9.17, 15) is 19.2 Å².